The van der Waals surface area contributed by atoms with Crippen LogP contribution in [0.2, 0.25) is 0 Å². The van der Waals surface area contributed by atoms with Gasteiger partial charge in [-0.2, -0.15) is 0 Å². The van der Waals surface area contributed by atoms with Gasteiger partial charge in [0.15, 0.2) is 5.03 Å². The second kappa shape index (κ2) is 4.22. The molecule has 1 rings (SSSR count). The van der Waals surface area contributed by atoms with Gasteiger partial charge < -0.3 is 0 Å². The third-order valence-corrected chi connectivity index (χ3v) is 3.66. The maximum absolute atomic E-state index is 13.2. The second-order valence-electron chi connectivity index (χ2n) is 2.49. The highest BCUT2D eigenvalue weighted by molar-refractivity contribution is 14.1. The van der Waals surface area contributed by atoms with E-state index in [1.165, 1.54) is 22.6 Å². The molecule has 0 fully saturated rings. The highest BCUT2D eigenvalue weighted by Gasteiger charge is 2.23. The van der Waals surface area contributed by atoms with Crippen LogP contribution in [0.25, 0.3) is 0 Å². The molecule has 15 heavy (non-hydrogen) atoms. The Kier molecular flexibility index (Phi) is 3.55. The Hall–Kier alpha value is -0.420. The predicted molar refractivity (Wildman–Crippen MR) is 53.2 cm³/mol. The van der Waals surface area contributed by atoms with Gasteiger partial charge in [0.2, 0.25) is 0 Å². The zero-order chi connectivity index (χ0) is 11.8. The van der Waals surface area contributed by atoms with Crippen LogP contribution in [0.15, 0.2) is 11.2 Å². The number of pyridine rings is 1. The van der Waals surface area contributed by atoms with Crippen molar-refractivity contribution in [3.05, 3.63) is 21.1 Å². The summed E-state index contributed by atoms with van der Waals surface area (Å²) in [6.07, 6.45) is -2.59. The lowest BCUT2D eigenvalue weighted by Gasteiger charge is -2.06. The molecule has 0 radical (unpaired) electrons. The Morgan fingerprint density at radius 1 is 1.47 bits per heavy atom. The molecule has 0 aromatic carbocycles. The molecule has 0 unspecified atom stereocenters. The first kappa shape index (κ1) is 12.6. The molecule has 1 aromatic rings. The number of aromatic nitrogens is 1. The zero-order valence-electron chi connectivity index (χ0n) is 6.92. The van der Waals surface area contributed by atoms with Gasteiger partial charge in [0.1, 0.15) is 5.82 Å². The molecule has 0 bridgehead atoms. The van der Waals surface area contributed by atoms with Crippen LogP contribution in [0.3, 0.4) is 0 Å². The van der Waals surface area contributed by atoms with Gasteiger partial charge in [-0.1, -0.05) is 0 Å². The van der Waals surface area contributed by atoms with E-state index in [1.807, 2.05) is 0 Å². The molecule has 0 atom stereocenters. The van der Waals surface area contributed by atoms with E-state index in [0.717, 1.165) is 0 Å². The molecule has 0 saturated carbocycles. The molecule has 0 aliphatic rings. The Balaban J connectivity index is 3.48. The van der Waals surface area contributed by atoms with Crippen LogP contribution < -0.4 is 5.14 Å². The third kappa shape index (κ3) is 2.58. The van der Waals surface area contributed by atoms with E-state index in [4.69, 9.17) is 5.14 Å². The number of nitrogens with zero attached hydrogens (tertiary/aromatic N) is 1. The van der Waals surface area contributed by atoms with Gasteiger partial charge in [-0.3, -0.25) is 0 Å². The molecule has 2 N–H and O–H groups in total. The summed E-state index contributed by atoms with van der Waals surface area (Å²) in [5.74, 6) is -1.32. The SMILES string of the molecule is NS(=O)(=O)c1ncc(C(F)F)c(F)c1I. The van der Waals surface area contributed by atoms with Crippen LogP contribution in [0, 0.1) is 9.39 Å². The molecule has 0 saturated heterocycles. The van der Waals surface area contributed by atoms with Crippen molar-refractivity contribution in [3.63, 3.8) is 0 Å². The van der Waals surface area contributed by atoms with Crippen LogP contribution >= 0.6 is 22.6 Å². The summed E-state index contributed by atoms with van der Waals surface area (Å²) in [5.41, 5.74) is -0.952. The van der Waals surface area contributed by atoms with E-state index in [9.17, 15) is 21.6 Å². The molecule has 4 nitrogen and oxygen atoms in total. The van der Waals surface area contributed by atoms with Crippen molar-refractivity contribution in [2.75, 3.05) is 0 Å². The summed E-state index contributed by atoms with van der Waals surface area (Å²) in [6, 6.07) is 0. The molecule has 0 aliphatic heterocycles. The minimum absolute atomic E-state index is 0.460. The smallest absolute Gasteiger partial charge is 0.242 e. The largest absolute Gasteiger partial charge is 0.268 e. The van der Waals surface area contributed by atoms with Gasteiger partial charge in [-0.05, 0) is 22.6 Å². The molecule has 9 heteroatoms. The van der Waals surface area contributed by atoms with Gasteiger partial charge in [0.25, 0.3) is 16.4 Å². The van der Waals surface area contributed by atoms with E-state index in [-0.39, 0.29) is 0 Å². The molecule has 84 valence electrons. The van der Waals surface area contributed by atoms with Gasteiger partial charge >= 0.3 is 0 Å². The Labute approximate surface area is 96.9 Å². The number of primary sulfonamides is 1. The lowest BCUT2D eigenvalue weighted by molar-refractivity contribution is 0.145. The zero-order valence-corrected chi connectivity index (χ0v) is 9.89. The standard InChI is InChI=1S/C6H4F3IN2O2S/c7-3-2(5(8)9)1-12-6(4(3)10)15(11,13)14/h1,5H,(H2,11,13,14). The van der Waals surface area contributed by atoms with Gasteiger partial charge in [0.05, 0.1) is 9.13 Å². The molecule has 1 aromatic heterocycles. The maximum Gasteiger partial charge on any atom is 0.268 e. The van der Waals surface area contributed by atoms with Crippen LogP contribution in [0.5, 0.6) is 0 Å². The van der Waals surface area contributed by atoms with Crippen molar-refractivity contribution in [2.45, 2.75) is 11.5 Å². The number of alkyl halides is 2. The van der Waals surface area contributed by atoms with Crippen molar-refractivity contribution in [3.8, 4) is 0 Å². The highest BCUT2D eigenvalue weighted by atomic mass is 127. The minimum Gasteiger partial charge on any atom is -0.242 e. The molecular weight excluding hydrogens is 348 g/mol. The molecule has 1 heterocycles. The fourth-order valence-corrected chi connectivity index (χ4v) is 2.72. The minimum atomic E-state index is -4.20. The van der Waals surface area contributed by atoms with Crippen LogP contribution in [0.4, 0.5) is 13.2 Å². The van der Waals surface area contributed by atoms with Crippen molar-refractivity contribution in [1.29, 1.82) is 0 Å². The lowest BCUT2D eigenvalue weighted by atomic mass is 10.3. The number of rotatable bonds is 2. The summed E-state index contributed by atoms with van der Waals surface area (Å²) in [5, 5.41) is 3.96. The topological polar surface area (TPSA) is 73.1 Å². The summed E-state index contributed by atoms with van der Waals surface area (Å²) < 4.78 is 58.7. The summed E-state index contributed by atoms with van der Waals surface area (Å²) >= 11 is 1.26. The van der Waals surface area contributed by atoms with Gasteiger partial charge in [-0.15, -0.1) is 0 Å². The number of hydrogen-bond donors (Lipinski definition) is 1. The average Bonchev–Trinajstić information content (AvgIpc) is 2.06. The second-order valence-corrected chi connectivity index (χ2v) is 5.05. The van der Waals surface area contributed by atoms with Gasteiger partial charge in [0, 0.05) is 6.20 Å². The van der Waals surface area contributed by atoms with Crippen molar-refractivity contribution in [1.82, 2.24) is 4.98 Å². The predicted octanol–water partition coefficient (Wildman–Crippen LogP) is 1.41. The van der Waals surface area contributed by atoms with E-state index in [1.54, 1.807) is 0 Å². The molecule has 0 amide bonds. The number of halogens is 4. The molecule has 0 spiro atoms. The van der Waals surface area contributed by atoms with E-state index >= 15 is 0 Å². The number of sulfonamides is 1. The maximum atomic E-state index is 13.2. The highest BCUT2D eigenvalue weighted by Crippen LogP contribution is 2.27. The first-order valence-corrected chi connectivity index (χ1v) is 6.02. The van der Waals surface area contributed by atoms with Crippen molar-refractivity contribution in [2.24, 2.45) is 5.14 Å². The van der Waals surface area contributed by atoms with E-state index in [0.29, 0.717) is 6.20 Å². The Morgan fingerprint density at radius 3 is 2.40 bits per heavy atom. The van der Waals surface area contributed by atoms with E-state index < -0.39 is 36.4 Å². The summed E-state index contributed by atoms with van der Waals surface area (Å²) in [7, 11) is -4.20. The summed E-state index contributed by atoms with van der Waals surface area (Å²) in [4.78, 5) is 3.19. The quantitative estimate of drug-likeness (QED) is 0.818. The first-order valence-electron chi connectivity index (χ1n) is 3.40. The third-order valence-electron chi connectivity index (χ3n) is 1.46. The molecule has 0 aliphatic carbocycles. The number of hydrogen-bond acceptors (Lipinski definition) is 3. The fourth-order valence-electron chi connectivity index (χ4n) is 0.813. The van der Waals surface area contributed by atoms with Crippen molar-refractivity contribution >= 4 is 32.6 Å². The first-order chi connectivity index (χ1) is 6.75. The Morgan fingerprint density at radius 2 is 2.00 bits per heavy atom. The van der Waals surface area contributed by atoms with Gasteiger partial charge in [-0.25, -0.2) is 31.7 Å². The van der Waals surface area contributed by atoms with E-state index in [2.05, 4.69) is 4.98 Å². The Bertz CT molecular complexity index is 491. The fraction of sp³-hybridized carbons (Fsp3) is 0.167. The average molecular weight is 352 g/mol. The molecular formula is C6H4F3IN2O2S. The van der Waals surface area contributed by atoms with Crippen LogP contribution in [-0.4, -0.2) is 13.4 Å². The number of nitrogens with two attached hydrogens (primary N) is 1. The van der Waals surface area contributed by atoms with Crippen LogP contribution in [-0.2, 0) is 10.0 Å². The summed E-state index contributed by atoms with van der Waals surface area (Å²) in [6.45, 7) is 0. The monoisotopic (exact) mass is 352 g/mol. The van der Waals surface area contributed by atoms with Crippen molar-refractivity contribution < 1.29 is 21.6 Å². The van der Waals surface area contributed by atoms with Crippen LogP contribution in [0.1, 0.15) is 12.0 Å². The normalized spacial score (nSPS) is 12.1. The lowest BCUT2D eigenvalue weighted by Crippen LogP contribution is -2.17.